The van der Waals surface area contributed by atoms with Gasteiger partial charge >= 0.3 is 0 Å². The molecule has 0 bridgehead atoms. The van der Waals surface area contributed by atoms with E-state index >= 15 is 0 Å². The molecule has 2 atom stereocenters. The molecule has 0 aliphatic rings. The van der Waals surface area contributed by atoms with E-state index in [9.17, 15) is 5.11 Å². The lowest BCUT2D eigenvalue weighted by Crippen LogP contribution is -2.36. The lowest BCUT2D eigenvalue weighted by Gasteiger charge is -2.22. The molecule has 0 amide bonds. The first-order valence-electron chi connectivity index (χ1n) is 4.44. The highest BCUT2D eigenvalue weighted by atomic mass is 16.3. The van der Waals surface area contributed by atoms with Crippen LogP contribution in [0.1, 0.15) is 20.3 Å². The van der Waals surface area contributed by atoms with Crippen LogP contribution < -0.4 is 5.73 Å². The van der Waals surface area contributed by atoms with Crippen molar-refractivity contribution in [1.29, 1.82) is 0 Å². The van der Waals surface area contributed by atoms with Crippen molar-refractivity contribution in [2.45, 2.75) is 32.6 Å². The maximum Gasteiger partial charge on any atom is 0.104 e. The molecule has 0 heterocycles. The minimum Gasteiger partial charge on any atom is -0.392 e. The van der Waals surface area contributed by atoms with Gasteiger partial charge in [-0.25, -0.2) is 0 Å². The Morgan fingerprint density at radius 3 is 2.08 bits per heavy atom. The fraction of sp³-hybridized carbons (Fsp3) is 1.00. The fourth-order valence-corrected chi connectivity index (χ4v) is 1.13. The van der Waals surface area contributed by atoms with Crippen LogP contribution in [0.2, 0.25) is 0 Å². The summed E-state index contributed by atoms with van der Waals surface area (Å²) in [6.07, 6.45) is -1.18. The van der Waals surface area contributed by atoms with Crippen molar-refractivity contribution in [3.8, 4) is 0 Å². The highest BCUT2D eigenvalue weighted by Crippen LogP contribution is 1.97. The van der Waals surface area contributed by atoms with Crippen molar-refractivity contribution in [2.24, 2.45) is 5.73 Å². The van der Waals surface area contributed by atoms with Gasteiger partial charge in [-0.2, -0.15) is 0 Å². The summed E-state index contributed by atoms with van der Waals surface area (Å²) in [7, 11) is 0. The summed E-state index contributed by atoms with van der Waals surface area (Å²) in [5.74, 6) is 0. The van der Waals surface area contributed by atoms with Crippen molar-refractivity contribution in [2.75, 3.05) is 19.6 Å². The molecule has 4 N–H and O–H groups in total. The molecule has 0 aromatic heterocycles. The average molecular weight is 176 g/mol. The second-order valence-corrected chi connectivity index (χ2v) is 2.94. The van der Waals surface area contributed by atoms with Crippen LogP contribution in [0.15, 0.2) is 0 Å². The third kappa shape index (κ3) is 5.49. The summed E-state index contributed by atoms with van der Waals surface area (Å²) in [5, 5.41) is 18.2. The van der Waals surface area contributed by atoms with Gasteiger partial charge in [-0.3, -0.25) is 0 Å². The Morgan fingerprint density at radius 2 is 1.75 bits per heavy atom. The van der Waals surface area contributed by atoms with Gasteiger partial charge in [-0.1, -0.05) is 13.8 Å². The van der Waals surface area contributed by atoms with Crippen LogP contribution in [0.5, 0.6) is 0 Å². The molecule has 0 fully saturated rings. The van der Waals surface area contributed by atoms with Crippen LogP contribution in [0.4, 0.5) is 0 Å². The Balaban J connectivity index is 3.58. The van der Waals surface area contributed by atoms with E-state index in [1.165, 1.54) is 0 Å². The number of hydrogen-bond acceptors (Lipinski definition) is 4. The highest BCUT2D eigenvalue weighted by Gasteiger charge is 2.10. The monoisotopic (exact) mass is 176 g/mol. The molecule has 0 radical (unpaired) electrons. The number of aliphatic hydroxyl groups is 2. The summed E-state index contributed by atoms with van der Waals surface area (Å²) in [5.41, 5.74) is 5.13. The Kier molecular flexibility index (Phi) is 6.28. The smallest absolute Gasteiger partial charge is 0.104 e. The predicted molar refractivity (Wildman–Crippen MR) is 48.6 cm³/mol. The van der Waals surface area contributed by atoms with Crippen molar-refractivity contribution < 1.29 is 10.2 Å². The quantitative estimate of drug-likeness (QED) is 0.471. The fourth-order valence-electron chi connectivity index (χ4n) is 1.13. The van der Waals surface area contributed by atoms with Crippen LogP contribution in [-0.2, 0) is 0 Å². The molecular weight excluding hydrogens is 156 g/mol. The Morgan fingerprint density at radius 1 is 1.25 bits per heavy atom. The van der Waals surface area contributed by atoms with Gasteiger partial charge in [0.1, 0.15) is 6.23 Å². The minimum atomic E-state index is -0.907. The summed E-state index contributed by atoms with van der Waals surface area (Å²) in [6.45, 7) is 6.48. The molecule has 0 saturated carbocycles. The molecule has 0 aliphatic carbocycles. The molecule has 0 aliphatic heterocycles. The number of aliphatic hydroxyl groups excluding tert-OH is 2. The van der Waals surface area contributed by atoms with E-state index in [1.807, 2.05) is 13.8 Å². The van der Waals surface area contributed by atoms with Crippen molar-refractivity contribution >= 4 is 0 Å². The van der Waals surface area contributed by atoms with Crippen LogP contribution in [0.25, 0.3) is 0 Å². The molecule has 74 valence electrons. The zero-order valence-corrected chi connectivity index (χ0v) is 7.90. The van der Waals surface area contributed by atoms with Gasteiger partial charge in [0, 0.05) is 13.0 Å². The van der Waals surface area contributed by atoms with Crippen LogP contribution in [-0.4, -0.2) is 47.1 Å². The largest absolute Gasteiger partial charge is 0.392 e. The topological polar surface area (TPSA) is 69.7 Å². The van der Waals surface area contributed by atoms with Gasteiger partial charge in [0.15, 0.2) is 0 Å². The van der Waals surface area contributed by atoms with Gasteiger partial charge in [0.05, 0.1) is 6.10 Å². The average Bonchev–Trinajstić information content (AvgIpc) is 1.98. The zero-order valence-electron chi connectivity index (χ0n) is 7.90. The third-order valence-electron chi connectivity index (χ3n) is 1.88. The molecular formula is C8H20N2O2. The first kappa shape index (κ1) is 11.8. The van der Waals surface area contributed by atoms with E-state index in [0.29, 0.717) is 6.54 Å². The maximum absolute atomic E-state index is 9.37. The predicted octanol–water partition coefficient (Wildman–Crippen LogP) is -0.644. The van der Waals surface area contributed by atoms with Crippen molar-refractivity contribution in [3.63, 3.8) is 0 Å². The molecule has 0 aromatic carbocycles. The number of hydrogen-bond donors (Lipinski definition) is 3. The number of nitrogens with zero attached hydrogens (tertiary/aromatic N) is 1. The SMILES string of the molecule is CCN(CC)CC(O)CC(N)O. The Bertz CT molecular complexity index is 105. The normalized spacial score (nSPS) is 16.5. The van der Waals surface area contributed by atoms with Crippen molar-refractivity contribution in [1.82, 2.24) is 4.90 Å². The van der Waals surface area contributed by atoms with Crippen LogP contribution >= 0.6 is 0 Å². The lowest BCUT2D eigenvalue weighted by atomic mass is 10.2. The van der Waals surface area contributed by atoms with E-state index in [1.54, 1.807) is 0 Å². The molecule has 0 spiro atoms. The standard InChI is InChI=1S/C8H20N2O2/c1-3-10(4-2)6-7(11)5-8(9)12/h7-8,11-12H,3-6,9H2,1-2H3. The number of likely N-dealkylation sites (N-methyl/N-ethyl adjacent to an activating group) is 1. The van der Waals surface area contributed by atoms with Crippen LogP contribution in [0.3, 0.4) is 0 Å². The first-order chi connectivity index (χ1) is 5.60. The third-order valence-corrected chi connectivity index (χ3v) is 1.88. The Hall–Kier alpha value is -0.160. The highest BCUT2D eigenvalue weighted by molar-refractivity contribution is 4.64. The summed E-state index contributed by atoms with van der Waals surface area (Å²) in [4.78, 5) is 2.09. The van der Waals surface area contributed by atoms with E-state index < -0.39 is 12.3 Å². The summed E-state index contributed by atoms with van der Waals surface area (Å²) >= 11 is 0. The summed E-state index contributed by atoms with van der Waals surface area (Å²) in [6, 6.07) is 0. The second kappa shape index (κ2) is 6.37. The maximum atomic E-state index is 9.37. The van der Waals surface area contributed by atoms with Gasteiger partial charge in [0.25, 0.3) is 0 Å². The molecule has 2 unspecified atom stereocenters. The minimum absolute atomic E-state index is 0.247. The van der Waals surface area contributed by atoms with E-state index in [4.69, 9.17) is 10.8 Å². The van der Waals surface area contributed by atoms with E-state index in [-0.39, 0.29) is 6.42 Å². The van der Waals surface area contributed by atoms with E-state index in [2.05, 4.69) is 4.90 Å². The van der Waals surface area contributed by atoms with E-state index in [0.717, 1.165) is 13.1 Å². The molecule has 0 aromatic rings. The van der Waals surface area contributed by atoms with Gasteiger partial charge in [-0.05, 0) is 13.1 Å². The zero-order chi connectivity index (χ0) is 9.56. The number of nitrogens with two attached hydrogens (primary N) is 1. The first-order valence-corrected chi connectivity index (χ1v) is 4.44. The molecule has 4 heteroatoms. The van der Waals surface area contributed by atoms with Gasteiger partial charge in [0.2, 0.25) is 0 Å². The van der Waals surface area contributed by atoms with Crippen molar-refractivity contribution in [3.05, 3.63) is 0 Å². The van der Waals surface area contributed by atoms with Gasteiger partial charge in [-0.15, -0.1) is 0 Å². The molecule has 12 heavy (non-hydrogen) atoms. The lowest BCUT2D eigenvalue weighted by molar-refractivity contribution is 0.0590. The van der Waals surface area contributed by atoms with Crippen LogP contribution in [0, 0.1) is 0 Å². The molecule has 0 saturated heterocycles. The van der Waals surface area contributed by atoms with Gasteiger partial charge < -0.3 is 20.8 Å². The number of rotatable bonds is 6. The molecule has 0 rings (SSSR count). The molecule has 4 nitrogen and oxygen atoms in total. The summed E-state index contributed by atoms with van der Waals surface area (Å²) < 4.78 is 0. The Labute approximate surface area is 74.0 Å². The second-order valence-electron chi connectivity index (χ2n) is 2.94.